The second-order valence-corrected chi connectivity index (χ2v) is 10.4. The largest absolute Gasteiger partial charge is 0.369 e. The standard InChI is InChI=1S/C19H21BrClN3O3S/c1-28(26,27)15-7-6-12(8-13(15)21)18(19(22)25)17(11-4-2-3-5-11)14-9-24-16(20)10-23-14/h6-11,17-18H,2-5H2,1H3,(H2,22,25). The Kier molecular flexibility index (Phi) is 6.41. The number of sulfone groups is 1. The molecule has 2 aromatic rings. The number of carbonyl (C=O) groups excluding carboxylic acids is 1. The summed E-state index contributed by atoms with van der Waals surface area (Å²) in [4.78, 5) is 21.3. The van der Waals surface area contributed by atoms with Crippen molar-refractivity contribution in [3.8, 4) is 0 Å². The molecule has 2 N–H and O–H groups in total. The van der Waals surface area contributed by atoms with E-state index in [-0.39, 0.29) is 21.8 Å². The van der Waals surface area contributed by atoms with Crippen molar-refractivity contribution < 1.29 is 13.2 Å². The average Bonchev–Trinajstić information content (AvgIpc) is 3.13. The number of primary amides is 1. The number of rotatable bonds is 6. The van der Waals surface area contributed by atoms with Gasteiger partial charge in [-0.1, -0.05) is 30.5 Å². The van der Waals surface area contributed by atoms with E-state index < -0.39 is 21.7 Å². The van der Waals surface area contributed by atoms with Crippen LogP contribution < -0.4 is 5.73 Å². The number of carbonyl (C=O) groups is 1. The molecule has 3 rings (SSSR count). The van der Waals surface area contributed by atoms with E-state index in [2.05, 4.69) is 25.9 Å². The van der Waals surface area contributed by atoms with Gasteiger partial charge in [0, 0.05) is 12.2 Å². The molecule has 2 atom stereocenters. The molecule has 1 saturated carbocycles. The summed E-state index contributed by atoms with van der Waals surface area (Å²) in [5.74, 6) is -1.18. The van der Waals surface area contributed by atoms with Crippen LogP contribution in [0.5, 0.6) is 0 Å². The molecule has 1 aromatic carbocycles. The van der Waals surface area contributed by atoms with Crippen molar-refractivity contribution in [1.82, 2.24) is 9.97 Å². The maximum absolute atomic E-state index is 12.5. The molecular formula is C19H21BrClN3O3S. The first-order valence-electron chi connectivity index (χ1n) is 8.94. The monoisotopic (exact) mass is 485 g/mol. The zero-order valence-electron chi connectivity index (χ0n) is 15.3. The first-order chi connectivity index (χ1) is 13.2. The molecule has 2 unspecified atom stereocenters. The molecular weight excluding hydrogens is 466 g/mol. The fourth-order valence-corrected chi connectivity index (χ4v) is 5.60. The van der Waals surface area contributed by atoms with E-state index in [1.54, 1.807) is 18.5 Å². The Balaban J connectivity index is 2.10. The minimum absolute atomic E-state index is 0.0296. The quantitative estimate of drug-likeness (QED) is 0.668. The maximum atomic E-state index is 12.5. The number of hydrogen-bond donors (Lipinski definition) is 1. The highest BCUT2D eigenvalue weighted by Gasteiger charge is 2.38. The molecule has 28 heavy (non-hydrogen) atoms. The Morgan fingerprint density at radius 3 is 2.43 bits per heavy atom. The second kappa shape index (κ2) is 8.47. The van der Waals surface area contributed by atoms with E-state index in [0.29, 0.717) is 15.9 Å². The van der Waals surface area contributed by atoms with Crippen LogP contribution in [0.3, 0.4) is 0 Å². The van der Waals surface area contributed by atoms with Gasteiger partial charge in [-0.25, -0.2) is 13.4 Å². The van der Waals surface area contributed by atoms with Crippen molar-refractivity contribution in [2.24, 2.45) is 11.7 Å². The zero-order chi connectivity index (χ0) is 20.5. The summed E-state index contributed by atoms with van der Waals surface area (Å²) in [6.45, 7) is 0. The molecule has 0 aliphatic heterocycles. The van der Waals surface area contributed by atoms with Gasteiger partial charge in [0.15, 0.2) is 9.84 Å². The van der Waals surface area contributed by atoms with Crippen LogP contribution in [0.4, 0.5) is 0 Å². The van der Waals surface area contributed by atoms with Crippen LogP contribution in [0.25, 0.3) is 0 Å². The molecule has 0 bridgehead atoms. The number of aromatic nitrogens is 2. The average molecular weight is 487 g/mol. The number of amides is 1. The summed E-state index contributed by atoms with van der Waals surface area (Å²) in [5, 5.41) is 0.0818. The SMILES string of the molecule is CS(=O)(=O)c1ccc(C(C(N)=O)C(c2cnc(Br)cn2)C2CCCC2)cc1Cl. The number of benzene rings is 1. The van der Waals surface area contributed by atoms with Crippen molar-refractivity contribution in [3.63, 3.8) is 0 Å². The minimum Gasteiger partial charge on any atom is -0.369 e. The smallest absolute Gasteiger partial charge is 0.225 e. The highest BCUT2D eigenvalue weighted by Crippen LogP contribution is 2.45. The summed E-state index contributed by atoms with van der Waals surface area (Å²) in [7, 11) is -3.46. The van der Waals surface area contributed by atoms with Crippen LogP contribution in [-0.4, -0.2) is 30.5 Å². The van der Waals surface area contributed by atoms with E-state index >= 15 is 0 Å². The molecule has 9 heteroatoms. The van der Waals surface area contributed by atoms with Crippen molar-refractivity contribution in [2.75, 3.05) is 6.26 Å². The van der Waals surface area contributed by atoms with E-state index in [1.165, 1.54) is 12.1 Å². The predicted octanol–water partition coefficient (Wildman–Crippen LogP) is 3.84. The fourth-order valence-electron chi connectivity index (χ4n) is 4.06. The van der Waals surface area contributed by atoms with Crippen LogP contribution in [0.1, 0.15) is 48.8 Å². The molecule has 1 fully saturated rings. The Hall–Kier alpha value is -1.51. The van der Waals surface area contributed by atoms with Gasteiger partial charge in [-0.05, 0) is 52.4 Å². The van der Waals surface area contributed by atoms with Gasteiger partial charge in [-0.3, -0.25) is 9.78 Å². The number of hydrogen-bond acceptors (Lipinski definition) is 5. The van der Waals surface area contributed by atoms with E-state index in [9.17, 15) is 13.2 Å². The molecule has 0 radical (unpaired) electrons. The first-order valence-corrected chi connectivity index (χ1v) is 12.0. The lowest BCUT2D eigenvalue weighted by Gasteiger charge is -2.30. The zero-order valence-corrected chi connectivity index (χ0v) is 18.5. The number of nitrogens with two attached hydrogens (primary N) is 1. The lowest BCUT2D eigenvalue weighted by atomic mass is 9.75. The Morgan fingerprint density at radius 2 is 1.93 bits per heavy atom. The van der Waals surface area contributed by atoms with Gasteiger partial charge in [0.05, 0.1) is 33.9 Å². The van der Waals surface area contributed by atoms with Crippen molar-refractivity contribution in [2.45, 2.75) is 42.4 Å². The van der Waals surface area contributed by atoms with Gasteiger partial charge >= 0.3 is 0 Å². The van der Waals surface area contributed by atoms with Gasteiger partial charge in [0.2, 0.25) is 5.91 Å². The Labute approximate surface area is 178 Å². The van der Waals surface area contributed by atoms with Crippen molar-refractivity contribution in [1.29, 1.82) is 0 Å². The normalized spacial score (nSPS) is 17.4. The summed E-state index contributed by atoms with van der Waals surface area (Å²) in [5.41, 5.74) is 7.11. The van der Waals surface area contributed by atoms with Crippen LogP contribution in [0.2, 0.25) is 5.02 Å². The number of halogens is 2. The molecule has 0 spiro atoms. The highest BCUT2D eigenvalue weighted by atomic mass is 79.9. The summed E-state index contributed by atoms with van der Waals surface area (Å²) < 4.78 is 24.3. The fraction of sp³-hybridized carbons (Fsp3) is 0.421. The third kappa shape index (κ3) is 4.55. The van der Waals surface area contributed by atoms with Gasteiger partial charge in [0.25, 0.3) is 0 Å². The summed E-state index contributed by atoms with van der Waals surface area (Å²) >= 11 is 9.51. The van der Waals surface area contributed by atoms with E-state index in [0.717, 1.165) is 31.9 Å². The first kappa shape index (κ1) is 21.2. The van der Waals surface area contributed by atoms with Crippen LogP contribution in [0, 0.1) is 5.92 Å². The second-order valence-electron chi connectivity index (χ2n) is 7.18. The van der Waals surface area contributed by atoms with Gasteiger partial charge < -0.3 is 5.73 Å². The highest BCUT2D eigenvalue weighted by molar-refractivity contribution is 9.10. The molecule has 0 saturated heterocycles. The van der Waals surface area contributed by atoms with Gasteiger partial charge in [-0.15, -0.1) is 0 Å². The van der Waals surface area contributed by atoms with Gasteiger partial charge in [0.1, 0.15) is 4.60 Å². The van der Waals surface area contributed by atoms with Crippen LogP contribution in [0.15, 0.2) is 40.1 Å². The minimum atomic E-state index is -3.46. The summed E-state index contributed by atoms with van der Waals surface area (Å²) in [6.07, 6.45) is 8.49. The van der Waals surface area contributed by atoms with E-state index in [4.69, 9.17) is 17.3 Å². The van der Waals surface area contributed by atoms with Crippen LogP contribution in [-0.2, 0) is 14.6 Å². The lowest BCUT2D eigenvalue weighted by Crippen LogP contribution is -2.31. The van der Waals surface area contributed by atoms with Crippen LogP contribution >= 0.6 is 27.5 Å². The summed E-state index contributed by atoms with van der Waals surface area (Å²) in [6, 6.07) is 4.58. The molecule has 150 valence electrons. The number of nitrogens with zero attached hydrogens (tertiary/aromatic N) is 2. The molecule has 6 nitrogen and oxygen atoms in total. The molecule has 1 aliphatic carbocycles. The molecule has 1 heterocycles. The Morgan fingerprint density at radius 1 is 1.25 bits per heavy atom. The third-order valence-electron chi connectivity index (χ3n) is 5.27. The molecule has 1 aromatic heterocycles. The third-order valence-corrected chi connectivity index (χ3v) is 7.26. The predicted molar refractivity (Wildman–Crippen MR) is 111 cm³/mol. The van der Waals surface area contributed by atoms with E-state index in [1.807, 2.05) is 0 Å². The lowest BCUT2D eigenvalue weighted by molar-refractivity contribution is -0.120. The van der Waals surface area contributed by atoms with Crippen molar-refractivity contribution >= 4 is 43.3 Å². The Bertz CT molecular complexity index is 976. The maximum Gasteiger partial charge on any atom is 0.225 e. The van der Waals surface area contributed by atoms with Gasteiger partial charge in [-0.2, -0.15) is 0 Å². The molecule has 1 aliphatic rings. The van der Waals surface area contributed by atoms with Crippen molar-refractivity contribution in [3.05, 3.63) is 51.5 Å². The molecule has 1 amide bonds. The topological polar surface area (TPSA) is 103 Å².